The van der Waals surface area contributed by atoms with E-state index in [4.69, 9.17) is 9.47 Å². The van der Waals surface area contributed by atoms with Gasteiger partial charge in [0.2, 0.25) is 5.91 Å². The van der Waals surface area contributed by atoms with Gasteiger partial charge in [0.1, 0.15) is 6.54 Å². The second-order valence-corrected chi connectivity index (χ2v) is 7.55. The number of rotatable bonds is 9. The van der Waals surface area contributed by atoms with Crippen molar-refractivity contribution in [3.63, 3.8) is 0 Å². The van der Waals surface area contributed by atoms with Crippen LogP contribution in [0.1, 0.15) is 40.1 Å². The van der Waals surface area contributed by atoms with E-state index in [1.54, 1.807) is 18.2 Å². The zero-order chi connectivity index (χ0) is 21.7. The van der Waals surface area contributed by atoms with Crippen LogP contribution in [0.4, 0.5) is 0 Å². The van der Waals surface area contributed by atoms with Crippen LogP contribution in [0, 0.1) is 0 Å². The fourth-order valence-corrected chi connectivity index (χ4v) is 3.56. The van der Waals surface area contributed by atoms with Gasteiger partial charge in [-0.05, 0) is 56.2 Å². The summed E-state index contributed by atoms with van der Waals surface area (Å²) in [5, 5.41) is 2.76. The predicted octanol–water partition coefficient (Wildman–Crippen LogP) is 3.20. The van der Waals surface area contributed by atoms with Crippen molar-refractivity contribution in [2.45, 2.75) is 20.3 Å². The summed E-state index contributed by atoms with van der Waals surface area (Å²) in [6.07, 6.45) is 0.577. The van der Waals surface area contributed by atoms with Crippen molar-refractivity contribution in [1.82, 2.24) is 10.2 Å². The highest BCUT2D eigenvalue weighted by atomic mass is 79.9. The van der Waals surface area contributed by atoms with Gasteiger partial charge in [-0.2, -0.15) is 0 Å². The van der Waals surface area contributed by atoms with Crippen molar-refractivity contribution in [3.05, 3.63) is 57.6 Å². The maximum absolute atomic E-state index is 12.5. The van der Waals surface area contributed by atoms with E-state index in [-0.39, 0.29) is 12.5 Å². The van der Waals surface area contributed by atoms with Crippen LogP contribution >= 0.6 is 15.9 Å². The summed E-state index contributed by atoms with van der Waals surface area (Å²) in [5.74, 6) is 0.0501. The molecule has 0 aromatic heterocycles. The minimum atomic E-state index is -0.459. The first-order valence-electron chi connectivity index (χ1n) is 9.75. The van der Waals surface area contributed by atoms with Gasteiger partial charge in [-0.3, -0.25) is 19.3 Å². The summed E-state index contributed by atoms with van der Waals surface area (Å²) in [6, 6.07) is 10.5. The number of carbonyl (C=O) groups is 3. The van der Waals surface area contributed by atoms with E-state index >= 15 is 0 Å². The molecule has 0 aliphatic carbocycles. The number of carbonyl (C=O) groups excluding carboxylic acids is 3. The summed E-state index contributed by atoms with van der Waals surface area (Å²) < 4.78 is 11.9. The molecule has 2 aromatic carbocycles. The van der Waals surface area contributed by atoms with E-state index in [1.807, 2.05) is 32.0 Å². The van der Waals surface area contributed by atoms with Crippen molar-refractivity contribution in [3.8, 4) is 11.5 Å². The molecular formula is C22H23BrN2O5. The summed E-state index contributed by atoms with van der Waals surface area (Å²) in [5.41, 5.74) is 1.60. The number of benzene rings is 2. The predicted molar refractivity (Wildman–Crippen MR) is 115 cm³/mol. The van der Waals surface area contributed by atoms with E-state index in [9.17, 15) is 14.4 Å². The van der Waals surface area contributed by atoms with Gasteiger partial charge in [-0.15, -0.1) is 0 Å². The van der Waals surface area contributed by atoms with Crippen molar-refractivity contribution < 1.29 is 23.9 Å². The van der Waals surface area contributed by atoms with Crippen LogP contribution in [0.15, 0.2) is 40.9 Å². The third kappa shape index (κ3) is 4.81. The van der Waals surface area contributed by atoms with E-state index in [0.29, 0.717) is 53.3 Å². The molecule has 0 unspecified atom stereocenters. The number of nitrogens with one attached hydrogen (secondary N) is 1. The van der Waals surface area contributed by atoms with Crippen molar-refractivity contribution in [2.24, 2.45) is 0 Å². The van der Waals surface area contributed by atoms with Gasteiger partial charge in [0.05, 0.1) is 24.3 Å². The smallest absolute Gasteiger partial charge is 0.262 e. The number of fused-ring (bicyclic) bond motifs is 1. The molecule has 3 rings (SSSR count). The van der Waals surface area contributed by atoms with Crippen molar-refractivity contribution in [1.29, 1.82) is 0 Å². The standard InChI is InChI=1S/C22H23BrN2O5/c1-3-29-18-8-5-14(11-19(18)30-4-2)9-10-24-20(26)13-25-21(27)16-7-6-15(23)12-17(16)22(25)28/h5-8,11-12H,3-4,9-10,13H2,1-2H3,(H,24,26). The Labute approximate surface area is 183 Å². The summed E-state index contributed by atoms with van der Waals surface area (Å²) >= 11 is 3.29. The number of ether oxygens (including phenoxy) is 2. The molecule has 3 amide bonds. The molecule has 8 heteroatoms. The first-order chi connectivity index (χ1) is 14.4. The van der Waals surface area contributed by atoms with Crippen LogP contribution in [0.3, 0.4) is 0 Å². The van der Waals surface area contributed by atoms with Gasteiger partial charge in [0.15, 0.2) is 11.5 Å². The molecule has 158 valence electrons. The lowest BCUT2D eigenvalue weighted by molar-refractivity contribution is -0.121. The molecule has 0 bridgehead atoms. The topological polar surface area (TPSA) is 84.9 Å². The second kappa shape index (κ2) is 9.75. The van der Waals surface area contributed by atoms with Crippen LogP contribution in [0.2, 0.25) is 0 Å². The van der Waals surface area contributed by atoms with Crippen LogP contribution < -0.4 is 14.8 Å². The van der Waals surface area contributed by atoms with Gasteiger partial charge in [-0.25, -0.2) is 0 Å². The molecule has 1 N–H and O–H groups in total. The molecule has 0 saturated heterocycles. The lowest BCUT2D eigenvalue weighted by atomic mass is 10.1. The second-order valence-electron chi connectivity index (χ2n) is 6.63. The molecule has 2 aromatic rings. The van der Waals surface area contributed by atoms with Crippen LogP contribution in [-0.4, -0.2) is 48.9 Å². The minimum Gasteiger partial charge on any atom is -0.490 e. The molecular weight excluding hydrogens is 452 g/mol. The third-order valence-corrected chi connectivity index (χ3v) is 5.07. The highest BCUT2D eigenvalue weighted by Crippen LogP contribution is 2.29. The molecule has 0 atom stereocenters. The Morgan fingerprint density at radius 1 is 0.967 bits per heavy atom. The maximum Gasteiger partial charge on any atom is 0.262 e. The summed E-state index contributed by atoms with van der Waals surface area (Å²) in [7, 11) is 0. The molecule has 0 saturated carbocycles. The number of hydrogen-bond acceptors (Lipinski definition) is 5. The van der Waals surface area contributed by atoms with Gasteiger partial charge < -0.3 is 14.8 Å². The van der Waals surface area contributed by atoms with Gasteiger partial charge >= 0.3 is 0 Å². The molecule has 1 aliphatic heterocycles. The third-order valence-electron chi connectivity index (χ3n) is 4.58. The lowest BCUT2D eigenvalue weighted by Gasteiger charge is -2.14. The number of nitrogens with zero attached hydrogens (tertiary/aromatic N) is 1. The highest BCUT2D eigenvalue weighted by molar-refractivity contribution is 9.10. The Kier molecular flexibility index (Phi) is 7.10. The Morgan fingerprint density at radius 2 is 1.67 bits per heavy atom. The number of amides is 3. The Morgan fingerprint density at radius 3 is 2.40 bits per heavy atom. The largest absolute Gasteiger partial charge is 0.490 e. The molecule has 1 aliphatic rings. The van der Waals surface area contributed by atoms with Crippen LogP contribution in [0.5, 0.6) is 11.5 Å². The van der Waals surface area contributed by atoms with Gasteiger partial charge in [0.25, 0.3) is 11.8 Å². The SMILES string of the molecule is CCOc1ccc(CCNC(=O)CN2C(=O)c3ccc(Br)cc3C2=O)cc1OCC. The van der Waals surface area contributed by atoms with Gasteiger partial charge in [-0.1, -0.05) is 22.0 Å². The quantitative estimate of drug-likeness (QED) is 0.564. The lowest BCUT2D eigenvalue weighted by Crippen LogP contribution is -2.40. The number of halogens is 1. The zero-order valence-electron chi connectivity index (χ0n) is 16.9. The fraction of sp³-hybridized carbons (Fsp3) is 0.318. The van der Waals surface area contributed by atoms with Crippen molar-refractivity contribution in [2.75, 3.05) is 26.3 Å². The summed E-state index contributed by atoms with van der Waals surface area (Å²) in [4.78, 5) is 38.1. The van der Waals surface area contributed by atoms with E-state index in [2.05, 4.69) is 21.2 Å². The molecule has 7 nitrogen and oxygen atoms in total. The molecule has 0 radical (unpaired) electrons. The Hall–Kier alpha value is -2.87. The first kappa shape index (κ1) is 21.8. The summed E-state index contributed by atoms with van der Waals surface area (Å²) in [6.45, 7) is 4.94. The molecule has 30 heavy (non-hydrogen) atoms. The fourth-order valence-electron chi connectivity index (χ4n) is 3.20. The van der Waals surface area contributed by atoms with E-state index in [0.717, 1.165) is 10.5 Å². The number of imide groups is 1. The molecule has 0 fully saturated rings. The van der Waals surface area contributed by atoms with E-state index in [1.165, 1.54) is 0 Å². The Bertz CT molecular complexity index is 976. The van der Waals surface area contributed by atoms with Gasteiger partial charge in [0, 0.05) is 11.0 Å². The average molecular weight is 475 g/mol. The minimum absolute atomic E-state index is 0.306. The first-order valence-corrected chi connectivity index (χ1v) is 10.5. The number of hydrogen-bond donors (Lipinski definition) is 1. The maximum atomic E-state index is 12.5. The van der Waals surface area contributed by atoms with E-state index < -0.39 is 11.8 Å². The van der Waals surface area contributed by atoms with Crippen LogP contribution in [0.25, 0.3) is 0 Å². The Balaban J connectivity index is 1.55. The monoisotopic (exact) mass is 474 g/mol. The zero-order valence-corrected chi connectivity index (χ0v) is 18.5. The molecule has 1 heterocycles. The molecule has 0 spiro atoms. The average Bonchev–Trinajstić information content (AvgIpc) is 2.94. The van der Waals surface area contributed by atoms with Crippen LogP contribution in [-0.2, 0) is 11.2 Å². The van der Waals surface area contributed by atoms with Crippen molar-refractivity contribution >= 4 is 33.7 Å². The normalized spacial score (nSPS) is 12.7. The highest BCUT2D eigenvalue weighted by Gasteiger charge is 2.36.